The molecule has 2 aromatic heterocycles. The van der Waals surface area contributed by atoms with E-state index in [0.29, 0.717) is 6.42 Å². The Balaban J connectivity index is 1.34. The highest BCUT2D eigenvalue weighted by Gasteiger charge is 2.54. The topological polar surface area (TPSA) is 82.6 Å². The van der Waals surface area contributed by atoms with Crippen LogP contribution in [0.15, 0.2) is 35.7 Å². The lowest BCUT2D eigenvalue weighted by molar-refractivity contribution is -0.139. The first kappa shape index (κ1) is 20.1. The number of likely N-dealkylation sites (N-methyl/N-ethyl adjacent to an activating group) is 1. The highest BCUT2D eigenvalue weighted by molar-refractivity contribution is 7.18. The summed E-state index contributed by atoms with van der Waals surface area (Å²) in [6, 6.07) is 8.99. The summed E-state index contributed by atoms with van der Waals surface area (Å²) in [6.45, 7) is 1.62. The maximum absolute atomic E-state index is 13.3. The lowest BCUT2D eigenvalue weighted by Gasteiger charge is -2.31. The number of aromatic nitrogens is 1. The van der Waals surface area contributed by atoms with E-state index in [1.807, 2.05) is 42.6 Å². The fourth-order valence-electron chi connectivity index (χ4n) is 4.38. The molecule has 0 saturated carbocycles. The van der Waals surface area contributed by atoms with Crippen LogP contribution in [0.1, 0.15) is 41.3 Å². The van der Waals surface area contributed by atoms with Crippen LogP contribution in [0, 0.1) is 0 Å². The average molecular weight is 455 g/mol. The number of thiazole rings is 1. The highest BCUT2D eigenvalue weighted by Crippen LogP contribution is 2.42. The minimum atomic E-state index is -1.03. The fourth-order valence-corrected chi connectivity index (χ4v) is 6.44. The van der Waals surface area contributed by atoms with Gasteiger partial charge in [0.1, 0.15) is 17.1 Å². The molecule has 0 radical (unpaired) electrons. The van der Waals surface area contributed by atoms with Crippen molar-refractivity contribution in [2.45, 2.75) is 37.8 Å². The van der Waals surface area contributed by atoms with Crippen LogP contribution in [0.3, 0.4) is 0 Å². The number of nitrogens with one attached hydrogen (secondary N) is 1. The van der Waals surface area contributed by atoms with E-state index in [4.69, 9.17) is 0 Å². The van der Waals surface area contributed by atoms with Crippen LogP contribution >= 0.6 is 22.7 Å². The molecule has 160 valence electrons. The van der Waals surface area contributed by atoms with Gasteiger partial charge in [0.15, 0.2) is 0 Å². The van der Waals surface area contributed by atoms with Crippen LogP contribution in [0.5, 0.6) is 0 Å². The molecular weight excluding hydrogens is 432 g/mol. The maximum atomic E-state index is 13.3. The molecule has 5 rings (SSSR count). The minimum absolute atomic E-state index is 0.266. The molecule has 1 saturated heterocycles. The molecule has 1 aliphatic carbocycles. The highest BCUT2D eigenvalue weighted by atomic mass is 32.1. The third-order valence-corrected chi connectivity index (χ3v) is 8.46. The summed E-state index contributed by atoms with van der Waals surface area (Å²) in [5.41, 5.74) is 0.755. The van der Waals surface area contributed by atoms with E-state index in [2.05, 4.69) is 10.3 Å². The molecule has 1 N–H and O–H groups in total. The summed E-state index contributed by atoms with van der Waals surface area (Å²) in [5, 5.41) is 5.67. The monoisotopic (exact) mass is 454 g/mol. The quantitative estimate of drug-likeness (QED) is 0.610. The summed E-state index contributed by atoms with van der Waals surface area (Å²) >= 11 is 3.15. The van der Waals surface area contributed by atoms with Crippen LogP contribution in [0.25, 0.3) is 10.2 Å². The molecule has 3 heterocycles. The number of carbonyl (C=O) groups is 3. The Labute approximate surface area is 187 Å². The second-order valence-corrected chi connectivity index (χ2v) is 10.1. The van der Waals surface area contributed by atoms with Gasteiger partial charge in [0, 0.05) is 17.5 Å². The van der Waals surface area contributed by atoms with Crippen LogP contribution < -0.4 is 5.32 Å². The first-order valence-corrected chi connectivity index (χ1v) is 11.9. The van der Waals surface area contributed by atoms with Gasteiger partial charge in [-0.3, -0.25) is 14.5 Å². The fraction of sp³-hybridized carbons (Fsp3) is 0.364. The van der Waals surface area contributed by atoms with Crippen molar-refractivity contribution in [2.24, 2.45) is 0 Å². The van der Waals surface area contributed by atoms with Gasteiger partial charge in [-0.05, 0) is 49.8 Å². The predicted molar refractivity (Wildman–Crippen MR) is 120 cm³/mol. The number of amides is 4. The van der Waals surface area contributed by atoms with E-state index in [0.717, 1.165) is 43.4 Å². The van der Waals surface area contributed by atoms with E-state index in [-0.39, 0.29) is 24.4 Å². The lowest BCUT2D eigenvalue weighted by atomic mass is 9.80. The molecule has 1 spiro atoms. The number of nitrogens with zero attached hydrogens (tertiary/aromatic N) is 3. The zero-order valence-electron chi connectivity index (χ0n) is 17.3. The van der Waals surface area contributed by atoms with Gasteiger partial charge in [-0.2, -0.15) is 0 Å². The molecule has 4 amide bonds. The third-order valence-electron chi connectivity index (χ3n) is 6.27. The van der Waals surface area contributed by atoms with Crippen molar-refractivity contribution in [2.75, 3.05) is 13.6 Å². The van der Waals surface area contributed by atoms with E-state index < -0.39 is 11.6 Å². The standard InChI is InChI=1S/C22H22N4O3S2/c1-13(19-23-15-6-3-4-7-17(15)31-19)25(2)18(27)12-26-20(28)22(24-21(26)29)10-5-8-16-14(22)9-11-30-16/h3-4,6-7,9,11,13H,5,8,10,12H2,1-2H3,(H,24,29)/t13-,22-/m1/s1. The molecule has 1 aliphatic heterocycles. The summed E-state index contributed by atoms with van der Waals surface area (Å²) in [4.78, 5) is 47.5. The maximum Gasteiger partial charge on any atom is 0.325 e. The lowest BCUT2D eigenvalue weighted by Crippen LogP contribution is -2.47. The molecule has 9 heteroatoms. The number of imide groups is 1. The van der Waals surface area contributed by atoms with Crippen molar-refractivity contribution in [3.05, 3.63) is 51.2 Å². The van der Waals surface area contributed by atoms with E-state index in [1.54, 1.807) is 34.6 Å². The number of urea groups is 1. The number of hydrogen-bond donors (Lipinski definition) is 1. The summed E-state index contributed by atoms with van der Waals surface area (Å²) in [6.07, 6.45) is 2.30. The number of benzene rings is 1. The summed E-state index contributed by atoms with van der Waals surface area (Å²) in [7, 11) is 1.69. The Morgan fingerprint density at radius 1 is 1.32 bits per heavy atom. The Bertz CT molecular complexity index is 1170. The molecule has 1 aromatic carbocycles. The minimum Gasteiger partial charge on any atom is -0.335 e. The molecule has 7 nitrogen and oxygen atoms in total. The number of thiophene rings is 1. The van der Waals surface area contributed by atoms with E-state index in [9.17, 15) is 14.4 Å². The Kier molecular flexibility index (Phi) is 4.82. The molecular formula is C22H22N4O3S2. The molecule has 3 aromatic rings. The Hall–Kier alpha value is -2.78. The smallest absolute Gasteiger partial charge is 0.325 e. The van der Waals surface area contributed by atoms with Crippen LogP contribution in [0.2, 0.25) is 0 Å². The zero-order valence-corrected chi connectivity index (χ0v) is 18.9. The van der Waals surface area contributed by atoms with Gasteiger partial charge in [-0.15, -0.1) is 22.7 Å². The normalized spacial score (nSPS) is 21.4. The van der Waals surface area contributed by atoms with Gasteiger partial charge in [0.25, 0.3) is 5.91 Å². The van der Waals surface area contributed by atoms with Crippen molar-refractivity contribution in [3.63, 3.8) is 0 Å². The second-order valence-electron chi connectivity index (χ2n) is 8.04. The number of aryl methyl sites for hydroxylation is 1. The molecule has 0 unspecified atom stereocenters. The molecule has 2 atom stereocenters. The first-order chi connectivity index (χ1) is 14.9. The van der Waals surface area contributed by atoms with Gasteiger partial charge in [0.05, 0.1) is 16.3 Å². The van der Waals surface area contributed by atoms with Crippen LogP contribution in [-0.4, -0.2) is 46.2 Å². The molecule has 1 fully saturated rings. The predicted octanol–water partition coefficient (Wildman–Crippen LogP) is 3.66. The largest absolute Gasteiger partial charge is 0.335 e. The van der Waals surface area contributed by atoms with Crippen molar-refractivity contribution in [1.29, 1.82) is 0 Å². The number of carbonyl (C=O) groups excluding carboxylic acids is 3. The van der Waals surface area contributed by atoms with Crippen LogP contribution in [-0.2, 0) is 21.5 Å². The number of para-hydroxylation sites is 1. The SMILES string of the molecule is C[C@H](c1nc2ccccc2s1)N(C)C(=O)CN1C(=O)N[C@@]2(CCCc3sccc32)C1=O. The van der Waals surface area contributed by atoms with E-state index >= 15 is 0 Å². The summed E-state index contributed by atoms with van der Waals surface area (Å²) in [5.74, 6) is -0.625. The first-order valence-electron chi connectivity index (χ1n) is 10.2. The number of rotatable bonds is 4. The van der Waals surface area contributed by atoms with Crippen molar-refractivity contribution >= 4 is 50.7 Å². The zero-order chi connectivity index (χ0) is 21.8. The van der Waals surface area contributed by atoms with Gasteiger partial charge in [-0.25, -0.2) is 9.78 Å². The third kappa shape index (κ3) is 3.14. The molecule has 0 bridgehead atoms. The molecule has 2 aliphatic rings. The van der Waals surface area contributed by atoms with Gasteiger partial charge >= 0.3 is 6.03 Å². The Morgan fingerprint density at radius 2 is 2.13 bits per heavy atom. The van der Waals surface area contributed by atoms with Crippen LogP contribution in [0.4, 0.5) is 4.79 Å². The van der Waals surface area contributed by atoms with Crippen molar-refractivity contribution < 1.29 is 14.4 Å². The van der Waals surface area contributed by atoms with Crippen molar-refractivity contribution in [3.8, 4) is 0 Å². The van der Waals surface area contributed by atoms with Gasteiger partial charge in [0.2, 0.25) is 5.91 Å². The average Bonchev–Trinajstić information content (AvgIpc) is 3.47. The summed E-state index contributed by atoms with van der Waals surface area (Å²) < 4.78 is 1.06. The van der Waals surface area contributed by atoms with Gasteiger partial charge in [-0.1, -0.05) is 12.1 Å². The number of fused-ring (bicyclic) bond motifs is 3. The number of hydrogen-bond acceptors (Lipinski definition) is 6. The second kappa shape index (κ2) is 7.42. The van der Waals surface area contributed by atoms with Crippen molar-refractivity contribution in [1.82, 2.24) is 20.1 Å². The Morgan fingerprint density at radius 3 is 2.94 bits per heavy atom. The van der Waals surface area contributed by atoms with Gasteiger partial charge < -0.3 is 10.2 Å². The van der Waals surface area contributed by atoms with E-state index in [1.165, 1.54) is 0 Å². The molecule has 31 heavy (non-hydrogen) atoms.